The maximum absolute atomic E-state index is 12.8. The van der Waals surface area contributed by atoms with Crippen LogP contribution in [0, 0.1) is 17.3 Å². The van der Waals surface area contributed by atoms with Gasteiger partial charge in [-0.15, -0.1) is 0 Å². The summed E-state index contributed by atoms with van der Waals surface area (Å²) in [7, 11) is 0. The first kappa shape index (κ1) is 13.1. The van der Waals surface area contributed by atoms with E-state index in [0.29, 0.717) is 11.7 Å². The van der Waals surface area contributed by atoms with Crippen LogP contribution in [0.1, 0.15) is 58.8 Å². The molecule has 3 atom stereocenters. The van der Waals surface area contributed by atoms with Gasteiger partial charge in [0.2, 0.25) is 0 Å². The van der Waals surface area contributed by atoms with Crippen LogP contribution in [0.4, 0.5) is 0 Å². The predicted molar refractivity (Wildman–Crippen MR) is 71.0 cm³/mol. The highest BCUT2D eigenvalue weighted by atomic mass is 16.1. The molecular weight excluding hydrogens is 210 g/mol. The van der Waals surface area contributed by atoms with Crippen molar-refractivity contribution < 1.29 is 4.79 Å². The summed E-state index contributed by atoms with van der Waals surface area (Å²) < 4.78 is 0. The highest BCUT2D eigenvalue weighted by Crippen LogP contribution is 2.39. The lowest BCUT2D eigenvalue weighted by atomic mass is 9.69. The molecular formula is C15H27NO. The molecule has 2 fully saturated rings. The topological polar surface area (TPSA) is 29.1 Å². The summed E-state index contributed by atoms with van der Waals surface area (Å²) in [5.74, 6) is 1.76. The lowest BCUT2D eigenvalue weighted by Gasteiger charge is -2.34. The lowest BCUT2D eigenvalue weighted by Crippen LogP contribution is -2.39. The molecule has 1 aliphatic heterocycles. The summed E-state index contributed by atoms with van der Waals surface area (Å²) in [5.41, 5.74) is -0.0136. The minimum Gasteiger partial charge on any atom is -0.316 e. The molecule has 2 heteroatoms. The third-order valence-electron chi connectivity index (χ3n) is 5.17. The van der Waals surface area contributed by atoms with Gasteiger partial charge in [-0.25, -0.2) is 0 Å². The van der Waals surface area contributed by atoms with Crippen molar-refractivity contribution >= 4 is 5.78 Å². The van der Waals surface area contributed by atoms with Crippen LogP contribution in [0.2, 0.25) is 0 Å². The van der Waals surface area contributed by atoms with Crippen LogP contribution in [-0.4, -0.2) is 18.9 Å². The lowest BCUT2D eigenvalue weighted by molar-refractivity contribution is -0.133. The maximum atomic E-state index is 12.8. The van der Waals surface area contributed by atoms with Gasteiger partial charge in [0.05, 0.1) is 0 Å². The number of carbonyl (C=O) groups excluding carboxylic acids is 1. The Kier molecular flexibility index (Phi) is 4.24. The van der Waals surface area contributed by atoms with Gasteiger partial charge in [0, 0.05) is 17.9 Å². The minimum absolute atomic E-state index is 0.0136. The molecule has 0 amide bonds. The molecule has 0 aromatic carbocycles. The van der Waals surface area contributed by atoms with E-state index in [2.05, 4.69) is 19.2 Å². The van der Waals surface area contributed by atoms with E-state index in [0.717, 1.165) is 44.7 Å². The largest absolute Gasteiger partial charge is 0.316 e. The summed E-state index contributed by atoms with van der Waals surface area (Å²) in [6.45, 7) is 6.41. The van der Waals surface area contributed by atoms with Crippen molar-refractivity contribution in [3.05, 3.63) is 0 Å². The number of carbonyl (C=O) groups is 1. The summed E-state index contributed by atoms with van der Waals surface area (Å²) in [6, 6.07) is 0. The molecule has 1 heterocycles. The number of hydrogen-bond acceptors (Lipinski definition) is 2. The Labute approximate surface area is 106 Å². The third-order valence-corrected chi connectivity index (χ3v) is 5.17. The fourth-order valence-corrected chi connectivity index (χ4v) is 3.76. The second-order valence-electron chi connectivity index (χ2n) is 6.06. The minimum atomic E-state index is -0.0136. The Hall–Kier alpha value is -0.370. The molecule has 17 heavy (non-hydrogen) atoms. The molecule has 1 saturated heterocycles. The molecule has 3 unspecified atom stereocenters. The summed E-state index contributed by atoms with van der Waals surface area (Å²) in [6.07, 6.45) is 8.26. The molecule has 0 bridgehead atoms. The smallest absolute Gasteiger partial charge is 0.143 e. The normalized spacial score (nSPS) is 38.2. The second kappa shape index (κ2) is 5.51. The van der Waals surface area contributed by atoms with E-state index in [9.17, 15) is 4.79 Å². The number of nitrogens with one attached hydrogen (secondary N) is 1. The fourth-order valence-electron chi connectivity index (χ4n) is 3.76. The van der Waals surface area contributed by atoms with Crippen molar-refractivity contribution in [2.75, 3.05) is 13.1 Å². The Morgan fingerprint density at radius 1 is 1.35 bits per heavy atom. The molecule has 1 aliphatic carbocycles. The van der Waals surface area contributed by atoms with Gasteiger partial charge in [-0.2, -0.15) is 0 Å². The molecule has 2 aliphatic rings. The molecule has 0 spiro atoms. The summed E-state index contributed by atoms with van der Waals surface area (Å²) in [4.78, 5) is 12.8. The molecule has 1 saturated carbocycles. The molecule has 2 rings (SSSR count). The number of rotatable bonds is 4. The summed E-state index contributed by atoms with van der Waals surface area (Å²) in [5, 5.41) is 3.39. The fraction of sp³-hybridized carbons (Fsp3) is 0.933. The van der Waals surface area contributed by atoms with E-state index in [1.807, 2.05) is 0 Å². The van der Waals surface area contributed by atoms with Gasteiger partial charge >= 0.3 is 0 Å². The van der Waals surface area contributed by atoms with Crippen molar-refractivity contribution in [2.45, 2.75) is 58.8 Å². The van der Waals surface area contributed by atoms with Gasteiger partial charge in [0.15, 0.2) is 0 Å². The van der Waals surface area contributed by atoms with Crippen LogP contribution >= 0.6 is 0 Å². The number of ketones is 1. The van der Waals surface area contributed by atoms with E-state index >= 15 is 0 Å². The first-order valence-electron chi connectivity index (χ1n) is 7.47. The van der Waals surface area contributed by atoms with Crippen molar-refractivity contribution in [1.82, 2.24) is 5.32 Å². The van der Waals surface area contributed by atoms with Crippen molar-refractivity contribution in [1.29, 1.82) is 0 Å². The van der Waals surface area contributed by atoms with Crippen LogP contribution < -0.4 is 5.32 Å². The van der Waals surface area contributed by atoms with Crippen molar-refractivity contribution in [3.8, 4) is 0 Å². The summed E-state index contributed by atoms with van der Waals surface area (Å²) >= 11 is 0. The second-order valence-corrected chi connectivity index (χ2v) is 6.06. The zero-order chi connectivity index (χ0) is 12.3. The van der Waals surface area contributed by atoms with E-state index in [4.69, 9.17) is 0 Å². The molecule has 2 nitrogen and oxygen atoms in total. The maximum Gasteiger partial charge on any atom is 0.143 e. The quantitative estimate of drug-likeness (QED) is 0.813. The SMILES string of the molecule is CCC1CCCC(C(=O)C2(CC)CCNC2)C1. The highest BCUT2D eigenvalue weighted by molar-refractivity contribution is 5.87. The first-order chi connectivity index (χ1) is 8.22. The zero-order valence-electron chi connectivity index (χ0n) is 11.4. The van der Waals surface area contributed by atoms with Crippen LogP contribution in [0.5, 0.6) is 0 Å². The van der Waals surface area contributed by atoms with Gasteiger partial charge in [-0.3, -0.25) is 4.79 Å². The standard InChI is InChI=1S/C15H27NO/c1-3-12-6-5-7-13(10-12)14(17)15(4-2)8-9-16-11-15/h12-13,16H,3-11H2,1-2H3. The van der Waals surface area contributed by atoms with Crippen LogP contribution in [0.25, 0.3) is 0 Å². The molecule has 0 aromatic rings. The van der Waals surface area contributed by atoms with E-state index in [1.54, 1.807) is 0 Å². The van der Waals surface area contributed by atoms with Gasteiger partial charge in [0.1, 0.15) is 5.78 Å². The average molecular weight is 237 g/mol. The monoisotopic (exact) mass is 237 g/mol. The first-order valence-corrected chi connectivity index (χ1v) is 7.47. The van der Waals surface area contributed by atoms with Gasteiger partial charge < -0.3 is 5.32 Å². The van der Waals surface area contributed by atoms with Crippen LogP contribution in [0.15, 0.2) is 0 Å². The molecule has 1 N–H and O–H groups in total. The van der Waals surface area contributed by atoms with E-state index in [-0.39, 0.29) is 5.41 Å². The Bertz CT molecular complexity index is 268. The molecule has 0 radical (unpaired) electrons. The Morgan fingerprint density at radius 2 is 2.18 bits per heavy atom. The predicted octanol–water partition coefficient (Wildman–Crippen LogP) is 3.16. The van der Waals surface area contributed by atoms with Crippen molar-refractivity contribution in [3.63, 3.8) is 0 Å². The van der Waals surface area contributed by atoms with Crippen LogP contribution in [-0.2, 0) is 4.79 Å². The number of hydrogen-bond donors (Lipinski definition) is 1. The number of Topliss-reactive ketones (excluding diaryl/α,β-unsaturated/α-hetero) is 1. The third kappa shape index (κ3) is 2.57. The Morgan fingerprint density at radius 3 is 2.76 bits per heavy atom. The van der Waals surface area contributed by atoms with Gasteiger partial charge in [-0.05, 0) is 38.1 Å². The Balaban J connectivity index is 2.03. The average Bonchev–Trinajstić information content (AvgIpc) is 2.88. The molecule has 98 valence electrons. The highest BCUT2D eigenvalue weighted by Gasteiger charge is 2.43. The van der Waals surface area contributed by atoms with Gasteiger partial charge in [-0.1, -0.05) is 33.1 Å². The van der Waals surface area contributed by atoms with Crippen molar-refractivity contribution in [2.24, 2.45) is 17.3 Å². The molecule has 0 aromatic heterocycles. The zero-order valence-corrected chi connectivity index (χ0v) is 11.4. The van der Waals surface area contributed by atoms with E-state index < -0.39 is 0 Å². The van der Waals surface area contributed by atoms with Gasteiger partial charge in [0.25, 0.3) is 0 Å². The van der Waals surface area contributed by atoms with E-state index in [1.165, 1.54) is 19.3 Å². The van der Waals surface area contributed by atoms with Crippen LogP contribution in [0.3, 0.4) is 0 Å².